The summed E-state index contributed by atoms with van der Waals surface area (Å²) in [6.07, 6.45) is 39.4. The average molecular weight is 766 g/mol. The highest BCUT2D eigenvalue weighted by Gasteiger charge is 2.25. The summed E-state index contributed by atoms with van der Waals surface area (Å²) < 4.78 is 17.2. The molecule has 0 saturated carbocycles. The summed E-state index contributed by atoms with van der Waals surface area (Å²) in [6, 6.07) is -0.722. The molecule has 0 N–H and O–H groups in total. The molecule has 0 aromatic carbocycles. The highest BCUT2D eigenvalue weighted by molar-refractivity contribution is 5.70. The zero-order chi connectivity index (χ0) is 40.0. The number of unbranched alkanes of at least 4 members (excludes halogenated alkanes) is 25. The van der Waals surface area contributed by atoms with Gasteiger partial charge in [0, 0.05) is 19.3 Å². The van der Waals surface area contributed by atoms with Gasteiger partial charge in [-0.1, -0.05) is 167 Å². The third-order valence-corrected chi connectivity index (χ3v) is 10.4. The molecule has 54 heavy (non-hydrogen) atoms. The number of quaternary nitrogens is 1. The maximum atomic E-state index is 12.7. The summed E-state index contributed by atoms with van der Waals surface area (Å²) in [4.78, 5) is 36.8. The van der Waals surface area contributed by atoms with Crippen molar-refractivity contribution in [1.82, 2.24) is 0 Å². The first-order valence-corrected chi connectivity index (χ1v) is 22.7. The van der Waals surface area contributed by atoms with Gasteiger partial charge in [0.1, 0.15) is 12.6 Å². The van der Waals surface area contributed by atoms with Gasteiger partial charge < -0.3 is 28.6 Å². The smallest absolute Gasteiger partial charge is 0.306 e. The molecule has 2 unspecified atom stereocenters. The van der Waals surface area contributed by atoms with Gasteiger partial charge in [-0.3, -0.25) is 9.59 Å². The molecule has 8 nitrogen and oxygen atoms in total. The fourth-order valence-electron chi connectivity index (χ4n) is 6.83. The lowest BCUT2D eigenvalue weighted by Gasteiger charge is -2.34. The summed E-state index contributed by atoms with van der Waals surface area (Å²) >= 11 is 0. The van der Waals surface area contributed by atoms with Gasteiger partial charge >= 0.3 is 11.9 Å². The van der Waals surface area contributed by atoms with Crippen molar-refractivity contribution in [2.75, 3.05) is 41.0 Å². The van der Waals surface area contributed by atoms with Gasteiger partial charge in [-0.15, -0.1) is 0 Å². The minimum absolute atomic E-state index is 0.0429. The van der Waals surface area contributed by atoms with E-state index in [-0.39, 0.29) is 42.7 Å². The number of esters is 2. The molecular weight excluding hydrogens is 679 g/mol. The maximum absolute atomic E-state index is 12.7. The Kier molecular flexibility index (Phi) is 36.6. The monoisotopic (exact) mass is 766 g/mol. The number of aliphatic carboxylic acids is 1. The van der Waals surface area contributed by atoms with Crippen molar-refractivity contribution in [1.29, 1.82) is 0 Å². The molecule has 0 bridgehead atoms. The van der Waals surface area contributed by atoms with Crippen LogP contribution in [0.25, 0.3) is 0 Å². The Bertz CT molecular complexity index is 900. The minimum atomic E-state index is -1.12. The Morgan fingerprint density at radius 3 is 1.33 bits per heavy atom. The third kappa shape index (κ3) is 35.8. The number of allylic oxidation sites excluding steroid dienone is 2. The van der Waals surface area contributed by atoms with Crippen molar-refractivity contribution in [2.24, 2.45) is 0 Å². The lowest BCUT2D eigenvalue weighted by atomic mass is 10.0. The van der Waals surface area contributed by atoms with E-state index in [1.54, 1.807) is 21.1 Å². The summed E-state index contributed by atoms with van der Waals surface area (Å²) in [6.45, 7) is 4.67. The molecule has 0 aliphatic rings. The molecule has 0 aromatic rings. The fourth-order valence-corrected chi connectivity index (χ4v) is 6.83. The van der Waals surface area contributed by atoms with Gasteiger partial charge in [-0.2, -0.15) is 0 Å². The number of ether oxygens (including phenoxy) is 3. The molecule has 0 rings (SSSR count). The first kappa shape index (κ1) is 52.1. The highest BCUT2D eigenvalue weighted by atomic mass is 16.6. The summed E-state index contributed by atoms with van der Waals surface area (Å²) in [7, 11) is 5.41. The molecule has 0 aliphatic carbocycles. The number of nitrogens with zero attached hydrogens (tertiary/aromatic N) is 1. The predicted octanol–water partition coefficient (Wildman–Crippen LogP) is 11.0. The number of carbonyl (C=O) groups is 3. The Balaban J connectivity index is 4.30. The van der Waals surface area contributed by atoms with Gasteiger partial charge in [0.15, 0.2) is 6.10 Å². The topological polar surface area (TPSA) is 102 Å². The van der Waals surface area contributed by atoms with E-state index in [1.807, 2.05) is 0 Å². The van der Waals surface area contributed by atoms with Crippen LogP contribution in [-0.4, -0.2) is 75.5 Å². The first-order chi connectivity index (χ1) is 26.1. The molecule has 0 heterocycles. The van der Waals surface area contributed by atoms with Crippen LogP contribution < -0.4 is 5.11 Å². The molecule has 8 heteroatoms. The molecule has 0 amide bonds. The number of carbonyl (C=O) groups excluding carboxylic acids is 3. The van der Waals surface area contributed by atoms with Gasteiger partial charge in [-0.05, 0) is 38.5 Å². The number of hydrogen-bond acceptors (Lipinski definition) is 7. The van der Waals surface area contributed by atoms with E-state index in [9.17, 15) is 19.5 Å². The van der Waals surface area contributed by atoms with Crippen LogP contribution in [0, 0.1) is 0 Å². The molecule has 0 fully saturated rings. The second-order valence-electron chi connectivity index (χ2n) is 16.6. The fraction of sp³-hybridized carbons (Fsp3) is 0.891. The second kappa shape index (κ2) is 38.0. The van der Waals surface area contributed by atoms with Crippen molar-refractivity contribution in [3.05, 3.63) is 12.2 Å². The molecule has 0 spiro atoms. The van der Waals surface area contributed by atoms with Crippen molar-refractivity contribution >= 4 is 17.9 Å². The number of carboxylic acid groups (broad SMARTS) is 1. The Hall–Kier alpha value is -1.93. The van der Waals surface area contributed by atoms with Crippen molar-refractivity contribution in [3.63, 3.8) is 0 Å². The van der Waals surface area contributed by atoms with Gasteiger partial charge in [-0.25, -0.2) is 0 Å². The largest absolute Gasteiger partial charge is 0.544 e. The highest BCUT2D eigenvalue weighted by Crippen LogP contribution is 2.15. The van der Waals surface area contributed by atoms with Crippen LogP contribution in [0.4, 0.5) is 0 Å². The zero-order valence-electron chi connectivity index (χ0n) is 36.2. The third-order valence-electron chi connectivity index (χ3n) is 10.4. The maximum Gasteiger partial charge on any atom is 0.306 e. The standard InChI is InChI=1S/C46H87NO7/c1-6-8-10-12-14-16-18-20-22-23-25-26-28-30-32-34-36-44(48)53-41-42(40-52-39-38-43(46(50)51)47(3,4)5)54-45(49)37-35-33-31-29-27-24-21-19-17-15-13-11-9-7-2/h19,21,42-43H,6-18,20,22-41H2,1-5H3/b21-19-. The normalized spacial score (nSPS) is 13.0. The van der Waals surface area contributed by atoms with Crippen LogP contribution in [0.2, 0.25) is 0 Å². The van der Waals surface area contributed by atoms with Crippen LogP contribution in [0.3, 0.4) is 0 Å². The van der Waals surface area contributed by atoms with E-state index in [2.05, 4.69) is 26.0 Å². The van der Waals surface area contributed by atoms with Crippen molar-refractivity contribution in [2.45, 2.75) is 225 Å². The van der Waals surface area contributed by atoms with E-state index in [0.717, 1.165) is 51.4 Å². The molecule has 0 aliphatic heterocycles. The van der Waals surface area contributed by atoms with Crippen molar-refractivity contribution < 1.29 is 38.2 Å². The average Bonchev–Trinajstić information content (AvgIpc) is 3.12. The zero-order valence-corrected chi connectivity index (χ0v) is 36.2. The first-order valence-electron chi connectivity index (χ1n) is 22.7. The Labute approximate surface area is 333 Å². The van der Waals surface area contributed by atoms with Crippen LogP contribution in [0.5, 0.6) is 0 Å². The van der Waals surface area contributed by atoms with E-state index >= 15 is 0 Å². The van der Waals surface area contributed by atoms with Gasteiger partial charge in [0.2, 0.25) is 0 Å². The lowest BCUT2D eigenvalue weighted by molar-refractivity contribution is -0.889. The summed E-state index contributed by atoms with van der Waals surface area (Å²) in [5.41, 5.74) is 0. The quantitative estimate of drug-likeness (QED) is 0.0264. The van der Waals surface area contributed by atoms with Gasteiger partial charge in [0.05, 0.1) is 40.3 Å². The van der Waals surface area contributed by atoms with Gasteiger partial charge in [0.25, 0.3) is 0 Å². The predicted molar refractivity (Wildman–Crippen MR) is 222 cm³/mol. The molecular formula is C46H87NO7. The Morgan fingerprint density at radius 1 is 0.537 bits per heavy atom. The summed E-state index contributed by atoms with van der Waals surface area (Å²) in [5, 5.41) is 11.6. The van der Waals surface area contributed by atoms with E-state index in [0.29, 0.717) is 12.8 Å². The molecule has 318 valence electrons. The Morgan fingerprint density at radius 2 is 0.926 bits per heavy atom. The number of rotatable bonds is 41. The van der Waals surface area contributed by atoms with Crippen LogP contribution >= 0.6 is 0 Å². The van der Waals surface area contributed by atoms with Crippen LogP contribution in [0.1, 0.15) is 213 Å². The lowest BCUT2D eigenvalue weighted by Crippen LogP contribution is -2.55. The molecule has 0 saturated heterocycles. The van der Waals surface area contributed by atoms with E-state index in [1.165, 1.54) is 128 Å². The molecule has 0 radical (unpaired) electrons. The number of hydrogen-bond donors (Lipinski definition) is 0. The second-order valence-corrected chi connectivity index (χ2v) is 16.6. The van der Waals surface area contributed by atoms with Crippen LogP contribution in [0.15, 0.2) is 12.2 Å². The number of carboxylic acids is 1. The number of likely N-dealkylation sites (N-methyl/N-ethyl adjacent to an activating group) is 1. The van der Waals surface area contributed by atoms with E-state index < -0.39 is 18.1 Å². The molecule has 0 aromatic heterocycles. The summed E-state index contributed by atoms with van der Waals surface area (Å²) in [5.74, 6) is -1.73. The van der Waals surface area contributed by atoms with E-state index in [4.69, 9.17) is 14.2 Å². The van der Waals surface area contributed by atoms with Crippen molar-refractivity contribution in [3.8, 4) is 0 Å². The SMILES string of the molecule is CCCCCCC/C=C\CCCCCCCC(=O)OC(COCCC(C(=O)[O-])[N+](C)(C)C)COC(=O)CCCCCCCCCCCCCCCCCC. The van der Waals surface area contributed by atoms with Crippen LogP contribution in [-0.2, 0) is 28.6 Å². The molecule has 2 atom stereocenters. The minimum Gasteiger partial charge on any atom is -0.544 e.